The summed E-state index contributed by atoms with van der Waals surface area (Å²) in [4.78, 5) is 25.0. The summed E-state index contributed by atoms with van der Waals surface area (Å²) in [6.07, 6.45) is 8.36. The van der Waals surface area contributed by atoms with Crippen molar-refractivity contribution >= 4 is 18.0 Å². The largest absolute Gasteiger partial charge is 0.508 e. The van der Waals surface area contributed by atoms with Gasteiger partial charge in [-0.05, 0) is 60.6 Å². The number of nitrogens with one attached hydrogen (secondary N) is 2. The summed E-state index contributed by atoms with van der Waals surface area (Å²) in [5.74, 6) is 0.138. The molecular formula is C30H43N3O4. The fraction of sp³-hybridized carbons (Fsp3) is 0.467. The van der Waals surface area contributed by atoms with E-state index in [1.165, 1.54) is 7.11 Å². The van der Waals surface area contributed by atoms with Gasteiger partial charge < -0.3 is 20.9 Å². The molecule has 0 aromatic heterocycles. The van der Waals surface area contributed by atoms with Gasteiger partial charge in [0.25, 0.3) is 0 Å². The van der Waals surface area contributed by atoms with E-state index >= 15 is 0 Å². The molecule has 0 aliphatic carbocycles. The van der Waals surface area contributed by atoms with Crippen LogP contribution in [-0.2, 0) is 16.0 Å². The maximum absolute atomic E-state index is 13.3. The highest BCUT2D eigenvalue weighted by molar-refractivity contribution is 5.89. The van der Waals surface area contributed by atoms with Crippen molar-refractivity contribution < 1.29 is 19.4 Å². The predicted octanol–water partition coefficient (Wildman–Crippen LogP) is 4.44. The molecule has 202 valence electrons. The molecule has 0 spiro atoms. The summed E-state index contributed by atoms with van der Waals surface area (Å²) in [5.41, 5.74) is 8.59. The highest BCUT2D eigenvalue weighted by Crippen LogP contribution is 2.15. The Morgan fingerprint density at radius 2 is 1.76 bits per heavy atom. The zero-order valence-electron chi connectivity index (χ0n) is 22.6. The second kappa shape index (κ2) is 15.8. The number of nitrogens with two attached hydrogens (primary N) is 1. The van der Waals surface area contributed by atoms with Crippen LogP contribution < -0.4 is 16.4 Å². The third-order valence-electron chi connectivity index (χ3n) is 6.15. The Morgan fingerprint density at radius 1 is 1.08 bits per heavy atom. The van der Waals surface area contributed by atoms with Gasteiger partial charge in [0.1, 0.15) is 5.75 Å². The summed E-state index contributed by atoms with van der Waals surface area (Å²) >= 11 is 0. The standard InChI is InChI=1S/C30H43N3O4/c1-5-6-7-25(31)20-32-29(35)28(19-23-11-16-27(34)17-12-23)33-26(18-21(2)3)15-10-22-8-13-24(14-9-22)30(36)37-4/h8-17,21,25-26,28,33-34H,5-7,18-20,31H2,1-4H3,(H,32,35)/b15-10+/t25-,26+,28-/m0/s1. The minimum absolute atomic E-state index is 0.0538. The van der Waals surface area contributed by atoms with E-state index < -0.39 is 6.04 Å². The molecule has 0 saturated carbocycles. The third-order valence-corrected chi connectivity index (χ3v) is 6.15. The first-order valence-electron chi connectivity index (χ1n) is 13.2. The zero-order valence-corrected chi connectivity index (χ0v) is 22.6. The lowest BCUT2D eigenvalue weighted by atomic mass is 9.98. The van der Waals surface area contributed by atoms with Crippen LogP contribution in [0.3, 0.4) is 0 Å². The van der Waals surface area contributed by atoms with Crippen LogP contribution in [0, 0.1) is 5.92 Å². The van der Waals surface area contributed by atoms with Gasteiger partial charge >= 0.3 is 5.97 Å². The number of ether oxygens (including phenoxy) is 1. The van der Waals surface area contributed by atoms with E-state index in [0.29, 0.717) is 24.4 Å². The van der Waals surface area contributed by atoms with Crippen molar-refractivity contribution in [1.29, 1.82) is 0 Å². The number of phenolic OH excluding ortho intramolecular Hbond substituents is 1. The average Bonchev–Trinajstić information content (AvgIpc) is 2.89. The van der Waals surface area contributed by atoms with E-state index in [2.05, 4.69) is 37.5 Å². The van der Waals surface area contributed by atoms with Crippen molar-refractivity contribution in [2.75, 3.05) is 13.7 Å². The molecule has 7 heteroatoms. The Labute approximate surface area is 221 Å². The van der Waals surface area contributed by atoms with Crippen LogP contribution in [-0.4, -0.2) is 48.8 Å². The van der Waals surface area contributed by atoms with E-state index in [-0.39, 0.29) is 29.7 Å². The number of amides is 1. The molecule has 0 fully saturated rings. The van der Waals surface area contributed by atoms with Crippen LogP contribution in [0.5, 0.6) is 5.75 Å². The van der Waals surface area contributed by atoms with E-state index in [0.717, 1.165) is 36.8 Å². The number of phenols is 1. The first kappa shape index (κ1) is 30.1. The molecular weight excluding hydrogens is 466 g/mol. The molecule has 3 atom stereocenters. The van der Waals surface area contributed by atoms with Crippen molar-refractivity contribution in [3.8, 4) is 5.75 Å². The van der Waals surface area contributed by atoms with Crippen molar-refractivity contribution in [3.05, 3.63) is 71.3 Å². The van der Waals surface area contributed by atoms with Crippen LogP contribution in [0.4, 0.5) is 0 Å². The third kappa shape index (κ3) is 11.2. The number of hydrogen-bond acceptors (Lipinski definition) is 6. The van der Waals surface area contributed by atoms with E-state index in [1.807, 2.05) is 30.3 Å². The summed E-state index contributed by atoms with van der Waals surface area (Å²) in [7, 11) is 1.36. The van der Waals surface area contributed by atoms with Crippen molar-refractivity contribution in [3.63, 3.8) is 0 Å². The average molecular weight is 510 g/mol. The van der Waals surface area contributed by atoms with Gasteiger partial charge in [0.15, 0.2) is 0 Å². The highest BCUT2D eigenvalue weighted by atomic mass is 16.5. The fourth-order valence-electron chi connectivity index (χ4n) is 4.06. The molecule has 37 heavy (non-hydrogen) atoms. The SMILES string of the molecule is CCCC[C@H](N)CNC(=O)[C@H](Cc1ccc(O)cc1)N[C@H](/C=C/c1ccc(C(=O)OC)cc1)CC(C)C. The molecule has 0 bridgehead atoms. The number of unbranched alkanes of at least 4 members (excludes halogenated alkanes) is 1. The van der Waals surface area contributed by atoms with E-state index in [1.54, 1.807) is 24.3 Å². The number of methoxy groups -OCH3 is 1. The number of carbonyl (C=O) groups is 2. The topological polar surface area (TPSA) is 114 Å². The van der Waals surface area contributed by atoms with E-state index in [4.69, 9.17) is 10.5 Å². The molecule has 0 heterocycles. The molecule has 0 unspecified atom stereocenters. The van der Waals surface area contributed by atoms with Gasteiger partial charge in [-0.15, -0.1) is 0 Å². The Balaban J connectivity index is 2.18. The predicted molar refractivity (Wildman–Crippen MR) is 149 cm³/mol. The zero-order chi connectivity index (χ0) is 27.2. The quantitative estimate of drug-likeness (QED) is 0.264. The first-order chi connectivity index (χ1) is 17.7. The lowest BCUT2D eigenvalue weighted by Gasteiger charge is -2.25. The van der Waals surface area contributed by atoms with Crippen LogP contribution in [0.2, 0.25) is 0 Å². The second-order valence-electron chi connectivity index (χ2n) is 9.95. The summed E-state index contributed by atoms with van der Waals surface area (Å²) in [6, 6.07) is 13.5. The number of carbonyl (C=O) groups excluding carboxylic acids is 2. The Bertz CT molecular complexity index is 987. The number of esters is 1. The lowest BCUT2D eigenvalue weighted by molar-refractivity contribution is -0.123. The van der Waals surface area contributed by atoms with Crippen LogP contribution in [0.1, 0.15) is 67.9 Å². The van der Waals surface area contributed by atoms with Gasteiger partial charge in [0.05, 0.1) is 18.7 Å². The normalized spacial score (nSPS) is 13.9. The van der Waals surface area contributed by atoms with Gasteiger partial charge in [-0.25, -0.2) is 4.79 Å². The Kier molecular flexibility index (Phi) is 12.9. The fourth-order valence-corrected chi connectivity index (χ4v) is 4.06. The van der Waals surface area contributed by atoms with Crippen LogP contribution in [0.25, 0.3) is 6.08 Å². The van der Waals surface area contributed by atoms with Crippen molar-refractivity contribution in [2.45, 2.75) is 71.0 Å². The molecule has 5 N–H and O–H groups in total. The number of benzene rings is 2. The molecule has 1 amide bonds. The highest BCUT2D eigenvalue weighted by Gasteiger charge is 2.23. The molecule has 2 aromatic rings. The van der Waals surface area contributed by atoms with Gasteiger partial charge in [0.2, 0.25) is 5.91 Å². The maximum Gasteiger partial charge on any atom is 0.337 e. The number of hydrogen-bond donors (Lipinski definition) is 4. The monoisotopic (exact) mass is 509 g/mol. The van der Waals surface area contributed by atoms with Crippen LogP contribution >= 0.6 is 0 Å². The van der Waals surface area contributed by atoms with Gasteiger partial charge in [-0.2, -0.15) is 0 Å². The molecule has 0 saturated heterocycles. The molecule has 2 aromatic carbocycles. The minimum atomic E-state index is -0.474. The molecule has 0 radical (unpaired) electrons. The molecule has 0 aliphatic heterocycles. The molecule has 7 nitrogen and oxygen atoms in total. The van der Waals surface area contributed by atoms with Gasteiger partial charge in [-0.3, -0.25) is 10.1 Å². The lowest BCUT2D eigenvalue weighted by Crippen LogP contribution is -2.51. The van der Waals surface area contributed by atoms with Crippen molar-refractivity contribution in [1.82, 2.24) is 10.6 Å². The van der Waals surface area contributed by atoms with Gasteiger partial charge in [0, 0.05) is 18.6 Å². The van der Waals surface area contributed by atoms with E-state index in [9.17, 15) is 14.7 Å². The summed E-state index contributed by atoms with van der Waals surface area (Å²) in [6.45, 7) is 6.85. The minimum Gasteiger partial charge on any atom is -0.508 e. The van der Waals surface area contributed by atoms with Gasteiger partial charge in [-0.1, -0.05) is 70.0 Å². The summed E-state index contributed by atoms with van der Waals surface area (Å²) < 4.78 is 4.77. The molecule has 2 rings (SSSR count). The molecule has 0 aliphatic rings. The Hall–Kier alpha value is -3.16. The maximum atomic E-state index is 13.3. The van der Waals surface area contributed by atoms with Crippen LogP contribution in [0.15, 0.2) is 54.6 Å². The smallest absolute Gasteiger partial charge is 0.337 e. The second-order valence-corrected chi connectivity index (χ2v) is 9.95. The van der Waals surface area contributed by atoms with Crippen molar-refractivity contribution in [2.24, 2.45) is 11.7 Å². The number of aromatic hydroxyl groups is 1. The Morgan fingerprint density at radius 3 is 2.35 bits per heavy atom. The summed E-state index contributed by atoms with van der Waals surface area (Å²) in [5, 5.41) is 16.2. The number of rotatable bonds is 15. The first-order valence-corrected chi connectivity index (χ1v) is 13.2.